The molecule has 0 aliphatic rings. The monoisotopic (exact) mass is 392 g/mol. The van der Waals surface area contributed by atoms with E-state index in [1.165, 1.54) is 12.1 Å². The number of carbonyl (C=O) groups is 1. The molecule has 0 bridgehead atoms. The summed E-state index contributed by atoms with van der Waals surface area (Å²) in [7, 11) is -0.525. The highest BCUT2D eigenvalue weighted by atomic mass is 32.2. The highest BCUT2D eigenvalue weighted by molar-refractivity contribution is 7.89. The highest BCUT2D eigenvalue weighted by Crippen LogP contribution is 2.13. The number of methoxy groups -OCH3 is 2. The molecule has 27 heavy (non-hydrogen) atoms. The molecule has 0 saturated carbocycles. The molecule has 8 heteroatoms. The van der Waals surface area contributed by atoms with Gasteiger partial charge in [-0.3, -0.25) is 4.79 Å². The maximum atomic E-state index is 12.4. The number of hydrogen-bond donors (Lipinski definition) is 2. The average Bonchev–Trinajstić information content (AvgIpc) is 2.70. The van der Waals surface area contributed by atoms with E-state index in [4.69, 9.17) is 9.47 Å². The van der Waals surface area contributed by atoms with Crippen LogP contribution in [0.15, 0.2) is 53.4 Å². The molecule has 0 unspecified atom stereocenters. The summed E-state index contributed by atoms with van der Waals surface area (Å²) in [6.07, 6.45) is 0.567. The zero-order chi connectivity index (χ0) is 19.7. The van der Waals surface area contributed by atoms with Crippen LogP contribution in [0.25, 0.3) is 0 Å². The minimum atomic E-state index is -3.67. The average molecular weight is 392 g/mol. The first-order valence-corrected chi connectivity index (χ1v) is 9.94. The second kappa shape index (κ2) is 10.1. The van der Waals surface area contributed by atoms with Crippen molar-refractivity contribution >= 4 is 15.9 Å². The van der Waals surface area contributed by atoms with Gasteiger partial charge in [0.2, 0.25) is 10.0 Å². The third-order valence-electron chi connectivity index (χ3n) is 3.84. The van der Waals surface area contributed by atoms with E-state index in [0.717, 1.165) is 11.3 Å². The summed E-state index contributed by atoms with van der Waals surface area (Å²) in [4.78, 5) is 12.4. The second-order valence-corrected chi connectivity index (χ2v) is 7.57. The van der Waals surface area contributed by atoms with Crippen LogP contribution < -0.4 is 14.8 Å². The maximum absolute atomic E-state index is 12.4. The van der Waals surface area contributed by atoms with Crippen LogP contribution in [0.2, 0.25) is 0 Å². The number of amides is 1. The summed E-state index contributed by atoms with van der Waals surface area (Å²) >= 11 is 0. The summed E-state index contributed by atoms with van der Waals surface area (Å²) < 4.78 is 37.1. The number of sulfonamides is 1. The molecule has 1 amide bonds. The van der Waals surface area contributed by atoms with Crippen LogP contribution in [-0.4, -0.2) is 41.7 Å². The molecule has 7 nitrogen and oxygen atoms in total. The molecular formula is C19H24N2O5S. The topological polar surface area (TPSA) is 93.7 Å². The fourth-order valence-electron chi connectivity index (χ4n) is 2.34. The van der Waals surface area contributed by atoms with Crippen molar-refractivity contribution in [2.75, 3.05) is 27.4 Å². The Bertz CT molecular complexity index is 851. The predicted molar refractivity (Wildman–Crippen MR) is 102 cm³/mol. The van der Waals surface area contributed by atoms with Crippen molar-refractivity contribution in [2.24, 2.45) is 0 Å². The molecule has 0 radical (unpaired) electrons. The molecule has 0 atom stereocenters. The lowest BCUT2D eigenvalue weighted by Gasteiger charge is -2.09. The zero-order valence-corrected chi connectivity index (χ0v) is 16.2. The van der Waals surface area contributed by atoms with Gasteiger partial charge in [-0.15, -0.1) is 0 Å². The quantitative estimate of drug-likeness (QED) is 0.603. The number of carbonyl (C=O) groups excluding carboxylic acids is 1. The minimum absolute atomic E-state index is 0.0528. The molecule has 0 fully saturated rings. The van der Waals surface area contributed by atoms with E-state index in [0.29, 0.717) is 19.6 Å². The lowest BCUT2D eigenvalue weighted by Crippen LogP contribution is -2.26. The fourth-order valence-corrected chi connectivity index (χ4v) is 3.46. The van der Waals surface area contributed by atoms with Crippen LogP contribution in [0.3, 0.4) is 0 Å². The van der Waals surface area contributed by atoms with Crippen molar-refractivity contribution in [1.29, 1.82) is 0 Å². The lowest BCUT2D eigenvalue weighted by atomic mass is 10.2. The van der Waals surface area contributed by atoms with E-state index in [1.54, 1.807) is 26.4 Å². The molecule has 2 N–H and O–H groups in total. The smallest absolute Gasteiger partial charge is 0.251 e. The summed E-state index contributed by atoms with van der Waals surface area (Å²) in [5.41, 5.74) is 1.19. The van der Waals surface area contributed by atoms with E-state index < -0.39 is 10.0 Å². The number of benzene rings is 2. The van der Waals surface area contributed by atoms with Crippen molar-refractivity contribution in [1.82, 2.24) is 10.0 Å². The van der Waals surface area contributed by atoms with Crippen LogP contribution in [0, 0.1) is 0 Å². The van der Waals surface area contributed by atoms with Crippen LogP contribution in [-0.2, 0) is 21.3 Å². The third kappa shape index (κ3) is 6.35. The van der Waals surface area contributed by atoms with Gasteiger partial charge in [-0.05, 0) is 42.3 Å². The van der Waals surface area contributed by atoms with Gasteiger partial charge < -0.3 is 14.8 Å². The Labute approximate surface area is 159 Å². The van der Waals surface area contributed by atoms with Crippen LogP contribution in [0.5, 0.6) is 5.75 Å². The second-order valence-electron chi connectivity index (χ2n) is 5.80. The van der Waals surface area contributed by atoms with Crippen molar-refractivity contribution in [3.05, 3.63) is 59.7 Å². The zero-order valence-electron chi connectivity index (χ0n) is 15.4. The van der Waals surface area contributed by atoms with E-state index in [1.807, 2.05) is 24.3 Å². The van der Waals surface area contributed by atoms with Gasteiger partial charge in [0.05, 0.1) is 12.0 Å². The van der Waals surface area contributed by atoms with Gasteiger partial charge in [0.1, 0.15) is 5.75 Å². The van der Waals surface area contributed by atoms with Gasteiger partial charge in [0, 0.05) is 32.4 Å². The Hall–Kier alpha value is -2.42. The number of hydrogen-bond acceptors (Lipinski definition) is 5. The molecule has 0 spiro atoms. The van der Waals surface area contributed by atoms with Gasteiger partial charge in [0.25, 0.3) is 5.91 Å². The highest BCUT2D eigenvalue weighted by Gasteiger charge is 2.15. The fraction of sp³-hybridized carbons (Fsp3) is 0.316. The van der Waals surface area contributed by atoms with Gasteiger partial charge in [-0.2, -0.15) is 0 Å². The third-order valence-corrected chi connectivity index (χ3v) is 5.29. The van der Waals surface area contributed by atoms with Gasteiger partial charge in [-0.1, -0.05) is 18.2 Å². The van der Waals surface area contributed by atoms with E-state index in [2.05, 4.69) is 10.0 Å². The van der Waals surface area contributed by atoms with Gasteiger partial charge in [0.15, 0.2) is 0 Å². The van der Waals surface area contributed by atoms with E-state index >= 15 is 0 Å². The molecule has 2 rings (SSSR count). The Morgan fingerprint density at radius 1 is 1.07 bits per heavy atom. The normalized spacial score (nSPS) is 11.2. The molecule has 0 aliphatic heterocycles. The molecule has 0 saturated heterocycles. The van der Waals surface area contributed by atoms with E-state index in [9.17, 15) is 13.2 Å². The minimum Gasteiger partial charge on any atom is -0.497 e. The molecule has 0 heterocycles. The first-order chi connectivity index (χ1) is 13.0. The van der Waals surface area contributed by atoms with Gasteiger partial charge >= 0.3 is 0 Å². The summed E-state index contributed by atoms with van der Waals surface area (Å²) in [6, 6.07) is 13.3. The van der Waals surface area contributed by atoms with Gasteiger partial charge in [-0.25, -0.2) is 13.1 Å². The summed E-state index contributed by atoms with van der Waals surface area (Å²) in [6.45, 7) is 1.06. The molecule has 146 valence electrons. The van der Waals surface area contributed by atoms with Crippen LogP contribution >= 0.6 is 0 Å². The molecule has 2 aromatic rings. The standard InChI is InChI=1S/C19H24N2O5S/c1-25-12-4-11-21-27(23,24)18-6-3-5-16(13-18)19(22)20-14-15-7-9-17(26-2)10-8-15/h3,5-10,13,21H,4,11-12,14H2,1-2H3,(H,20,22). The Morgan fingerprint density at radius 3 is 2.48 bits per heavy atom. The molecule has 0 aromatic heterocycles. The number of nitrogens with one attached hydrogen (secondary N) is 2. The number of ether oxygens (including phenoxy) is 2. The molecule has 2 aromatic carbocycles. The van der Waals surface area contributed by atoms with Crippen LogP contribution in [0.1, 0.15) is 22.3 Å². The summed E-state index contributed by atoms with van der Waals surface area (Å²) in [5, 5.41) is 2.78. The summed E-state index contributed by atoms with van der Waals surface area (Å²) in [5.74, 6) is 0.392. The Morgan fingerprint density at radius 2 is 1.81 bits per heavy atom. The Kier molecular flexibility index (Phi) is 7.78. The predicted octanol–water partition coefficient (Wildman–Crippen LogP) is 1.94. The van der Waals surface area contributed by atoms with E-state index in [-0.39, 0.29) is 22.9 Å². The van der Waals surface area contributed by atoms with Crippen molar-refractivity contribution in [2.45, 2.75) is 17.9 Å². The maximum Gasteiger partial charge on any atom is 0.251 e. The van der Waals surface area contributed by atoms with Crippen molar-refractivity contribution < 1.29 is 22.7 Å². The SMILES string of the molecule is COCCCNS(=O)(=O)c1cccc(C(=O)NCc2ccc(OC)cc2)c1. The Balaban J connectivity index is 1.99. The molecular weight excluding hydrogens is 368 g/mol. The largest absolute Gasteiger partial charge is 0.497 e. The first kappa shape index (κ1) is 20.9. The number of rotatable bonds is 10. The van der Waals surface area contributed by atoms with Crippen LogP contribution in [0.4, 0.5) is 0 Å². The van der Waals surface area contributed by atoms with Crippen molar-refractivity contribution in [3.8, 4) is 5.75 Å². The molecule has 0 aliphatic carbocycles. The first-order valence-electron chi connectivity index (χ1n) is 8.46. The van der Waals surface area contributed by atoms with Crippen molar-refractivity contribution in [3.63, 3.8) is 0 Å². The lowest BCUT2D eigenvalue weighted by molar-refractivity contribution is 0.0950.